The average molecular weight is 233 g/mol. The second-order valence-corrected chi connectivity index (χ2v) is 4.33. The van der Waals surface area contributed by atoms with Gasteiger partial charge in [0.1, 0.15) is 5.76 Å². The van der Waals surface area contributed by atoms with E-state index in [1.54, 1.807) is 6.26 Å². The van der Waals surface area contributed by atoms with Gasteiger partial charge in [-0.1, -0.05) is 0 Å². The summed E-state index contributed by atoms with van der Waals surface area (Å²) in [6.45, 7) is 3.92. The van der Waals surface area contributed by atoms with Crippen LogP contribution in [0.5, 0.6) is 0 Å². The third-order valence-electron chi connectivity index (χ3n) is 3.18. The average Bonchev–Trinajstić information content (AvgIpc) is 2.90. The van der Waals surface area contributed by atoms with Gasteiger partial charge in [-0.2, -0.15) is 5.10 Å². The van der Waals surface area contributed by atoms with Crippen molar-refractivity contribution in [2.45, 2.75) is 26.1 Å². The van der Waals surface area contributed by atoms with Gasteiger partial charge in [0.05, 0.1) is 24.6 Å². The topological polar surface area (TPSA) is 63.2 Å². The molecule has 5 heteroatoms. The summed E-state index contributed by atoms with van der Waals surface area (Å²) in [4.78, 5) is 0. The van der Waals surface area contributed by atoms with E-state index in [0.717, 1.165) is 29.3 Å². The number of hydrogen-bond acceptors (Lipinski definition) is 4. The molecule has 0 amide bonds. The molecule has 0 saturated carbocycles. The quantitative estimate of drug-likeness (QED) is 0.811. The fraction of sp³-hybridized carbons (Fsp3) is 0.417. The smallest absolute Gasteiger partial charge is 0.125 e. The van der Waals surface area contributed by atoms with Crippen molar-refractivity contribution >= 4 is 0 Å². The number of fused-ring (bicyclic) bond motifs is 1. The van der Waals surface area contributed by atoms with Crippen LogP contribution in [-0.2, 0) is 13.1 Å². The molecule has 0 radical (unpaired) electrons. The molecule has 0 saturated heterocycles. The molecule has 0 fully saturated rings. The Hall–Kier alpha value is -1.59. The van der Waals surface area contributed by atoms with Gasteiger partial charge in [-0.25, -0.2) is 0 Å². The molecule has 3 rings (SSSR count). The molecule has 0 spiro atoms. The van der Waals surface area contributed by atoms with Crippen LogP contribution < -0.4 is 5.32 Å². The van der Waals surface area contributed by atoms with Crippen molar-refractivity contribution in [3.05, 3.63) is 41.1 Å². The first-order valence-corrected chi connectivity index (χ1v) is 5.73. The number of aromatic nitrogens is 2. The number of β-amino-alcohol motifs (C(OH)–C–C–N with tert-alkyl or cyclic N) is 1. The molecule has 5 nitrogen and oxygen atoms in total. The lowest BCUT2D eigenvalue weighted by molar-refractivity contribution is 0.164. The maximum atomic E-state index is 9.94. The first-order valence-electron chi connectivity index (χ1n) is 5.73. The Kier molecular flexibility index (Phi) is 2.49. The van der Waals surface area contributed by atoms with Gasteiger partial charge in [0.15, 0.2) is 0 Å². The minimum absolute atomic E-state index is 0.455. The largest absolute Gasteiger partial charge is 0.467 e. The van der Waals surface area contributed by atoms with E-state index in [4.69, 9.17) is 4.42 Å². The minimum Gasteiger partial charge on any atom is -0.467 e. The summed E-state index contributed by atoms with van der Waals surface area (Å²) in [5, 5.41) is 17.6. The third kappa shape index (κ3) is 1.77. The van der Waals surface area contributed by atoms with Gasteiger partial charge in [-0.05, 0) is 19.1 Å². The highest BCUT2D eigenvalue weighted by molar-refractivity contribution is 5.30. The number of hydrogen-bond donors (Lipinski definition) is 2. The van der Waals surface area contributed by atoms with Crippen molar-refractivity contribution in [1.82, 2.24) is 15.1 Å². The van der Waals surface area contributed by atoms with Gasteiger partial charge in [0.2, 0.25) is 0 Å². The third-order valence-corrected chi connectivity index (χ3v) is 3.18. The van der Waals surface area contributed by atoms with Gasteiger partial charge < -0.3 is 14.8 Å². The Labute approximate surface area is 99.1 Å². The predicted octanol–water partition coefficient (Wildman–Crippen LogP) is 0.969. The van der Waals surface area contributed by atoms with Gasteiger partial charge in [-0.3, -0.25) is 4.68 Å². The summed E-state index contributed by atoms with van der Waals surface area (Å²) in [5.41, 5.74) is 2.92. The zero-order valence-electron chi connectivity index (χ0n) is 9.68. The van der Waals surface area contributed by atoms with E-state index in [1.807, 2.05) is 23.7 Å². The molecule has 2 aromatic rings. The van der Waals surface area contributed by atoms with Gasteiger partial charge >= 0.3 is 0 Å². The standard InChI is InChI=1S/C12H15N3O2/c1-8-12-10(5-13-6-11(12)16)14-15(8)7-9-3-2-4-17-9/h2-4,11,13,16H,5-7H2,1H3. The zero-order chi connectivity index (χ0) is 11.8. The molecule has 17 heavy (non-hydrogen) atoms. The van der Waals surface area contributed by atoms with Crippen LogP contribution in [0.1, 0.15) is 28.8 Å². The van der Waals surface area contributed by atoms with E-state index in [1.165, 1.54) is 0 Å². The Morgan fingerprint density at radius 2 is 2.53 bits per heavy atom. The number of nitrogens with one attached hydrogen (secondary N) is 1. The number of aliphatic hydroxyl groups excluding tert-OH is 1. The van der Waals surface area contributed by atoms with Crippen molar-refractivity contribution < 1.29 is 9.52 Å². The molecule has 1 unspecified atom stereocenters. The van der Waals surface area contributed by atoms with Crippen molar-refractivity contribution in [2.75, 3.05) is 6.54 Å². The highest BCUT2D eigenvalue weighted by Gasteiger charge is 2.24. The number of furan rings is 1. The van der Waals surface area contributed by atoms with Crippen LogP contribution in [0.15, 0.2) is 22.8 Å². The fourth-order valence-electron chi connectivity index (χ4n) is 2.32. The number of nitrogens with zero attached hydrogens (tertiary/aromatic N) is 2. The molecule has 3 heterocycles. The molecule has 0 aromatic carbocycles. The molecule has 90 valence electrons. The van der Waals surface area contributed by atoms with E-state index in [2.05, 4.69) is 10.4 Å². The summed E-state index contributed by atoms with van der Waals surface area (Å²) < 4.78 is 7.20. The van der Waals surface area contributed by atoms with E-state index >= 15 is 0 Å². The lowest BCUT2D eigenvalue weighted by Crippen LogP contribution is -2.27. The first-order chi connectivity index (χ1) is 8.25. The van der Waals surface area contributed by atoms with Crippen LogP contribution in [0.3, 0.4) is 0 Å². The highest BCUT2D eigenvalue weighted by atomic mass is 16.3. The lowest BCUT2D eigenvalue weighted by Gasteiger charge is -2.18. The van der Waals surface area contributed by atoms with E-state index in [0.29, 0.717) is 13.1 Å². The maximum absolute atomic E-state index is 9.94. The van der Waals surface area contributed by atoms with Crippen LogP contribution in [0.4, 0.5) is 0 Å². The van der Waals surface area contributed by atoms with Crippen molar-refractivity contribution in [3.8, 4) is 0 Å². The van der Waals surface area contributed by atoms with Crippen LogP contribution in [0.25, 0.3) is 0 Å². The summed E-state index contributed by atoms with van der Waals surface area (Å²) in [5.74, 6) is 0.871. The van der Waals surface area contributed by atoms with Crippen molar-refractivity contribution in [3.63, 3.8) is 0 Å². The Balaban J connectivity index is 1.96. The normalized spacial score (nSPS) is 19.3. The monoisotopic (exact) mass is 233 g/mol. The van der Waals surface area contributed by atoms with Crippen molar-refractivity contribution in [1.29, 1.82) is 0 Å². The predicted molar refractivity (Wildman–Crippen MR) is 61.4 cm³/mol. The first kappa shape index (κ1) is 10.6. The van der Waals surface area contributed by atoms with Crippen LogP contribution >= 0.6 is 0 Å². The molecule has 2 aromatic heterocycles. The van der Waals surface area contributed by atoms with Crippen molar-refractivity contribution in [2.24, 2.45) is 0 Å². The summed E-state index contributed by atoms with van der Waals surface area (Å²) >= 11 is 0. The number of aliphatic hydroxyl groups is 1. The molecule has 1 atom stereocenters. The lowest BCUT2D eigenvalue weighted by atomic mass is 10.0. The molecule has 1 aliphatic heterocycles. The Bertz CT molecular complexity index is 516. The molecule has 2 N–H and O–H groups in total. The van der Waals surface area contributed by atoms with E-state index < -0.39 is 6.10 Å². The summed E-state index contributed by atoms with van der Waals surface area (Å²) in [6.07, 6.45) is 1.20. The van der Waals surface area contributed by atoms with Crippen LogP contribution in [0, 0.1) is 6.92 Å². The number of rotatable bonds is 2. The van der Waals surface area contributed by atoms with Gasteiger partial charge in [-0.15, -0.1) is 0 Å². The Morgan fingerprint density at radius 3 is 3.24 bits per heavy atom. The second-order valence-electron chi connectivity index (χ2n) is 4.33. The molecule has 0 aliphatic carbocycles. The summed E-state index contributed by atoms with van der Waals surface area (Å²) in [7, 11) is 0. The van der Waals surface area contributed by atoms with Gasteiger partial charge in [0, 0.05) is 24.3 Å². The van der Waals surface area contributed by atoms with Crippen LogP contribution in [-0.4, -0.2) is 21.4 Å². The van der Waals surface area contributed by atoms with E-state index in [9.17, 15) is 5.11 Å². The Morgan fingerprint density at radius 1 is 1.65 bits per heavy atom. The minimum atomic E-state index is -0.455. The summed E-state index contributed by atoms with van der Waals surface area (Å²) in [6, 6.07) is 3.79. The second kappa shape index (κ2) is 4.01. The van der Waals surface area contributed by atoms with Crippen LogP contribution in [0.2, 0.25) is 0 Å². The molecular weight excluding hydrogens is 218 g/mol. The molecule has 1 aliphatic rings. The fourth-order valence-corrected chi connectivity index (χ4v) is 2.32. The SMILES string of the molecule is Cc1c2c(nn1Cc1ccco1)CNCC2O. The maximum Gasteiger partial charge on any atom is 0.125 e. The molecule has 0 bridgehead atoms. The van der Waals surface area contributed by atoms with E-state index in [-0.39, 0.29) is 0 Å². The zero-order valence-corrected chi connectivity index (χ0v) is 9.68. The highest BCUT2D eigenvalue weighted by Crippen LogP contribution is 2.25. The molecular formula is C12H15N3O2. The van der Waals surface area contributed by atoms with Gasteiger partial charge in [0.25, 0.3) is 0 Å².